The summed E-state index contributed by atoms with van der Waals surface area (Å²) in [4.78, 5) is 4.38. The lowest BCUT2D eigenvalue weighted by molar-refractivity contribution is -0.136. The van der Waals surface area contributed by atoms with Gasteiger partial charge in [0.1, 0.15) is 5.82 Å². The van der Waals surface area contributed by atoms with Crippen LogP contribution in [0.3, 0.4) is 0 Å². The second-order valence-corrected chi connectivity index (χ2v) is 4.80. The third kappa shape index (κ3) is 3.21. The maximum Gasteiger partial charge on any atom is 0.390 e. The van der Waals surface area contributed by atoms with Crippen molar-refractivity contribution in [2.45, 2.75) is 32.5 Å². The van der Waals surface area contributed by atoms with Gasteiger partial charge in [-0.3, -0.25) is 0 Å². The highest BCUT2D eigenvalue weighted by molar-refractivity contribution is 6.17. The van der Waals surface area contributed by atoms with Gasteiger partial charge in [-0.05, 0) is 18.6 Å². The van der Waals surface area contributed by atoms with Crippen LogP contribution in [0.1, 0.15) is 17.8 Å². The Kier molecular flexibility index (Phi) is 4.04. The Morgan fingerprint density at radius 1 is 1.32 bits per heavy atom. The van der Waals surface area contributed by atoms with Gasteiger partial charge in [0.25, 0.3) is 0 Å². The lowest BCUT2D eigenvalue weighted by Crippen LogP contribution is -2.14. The van der Waals surface area contributed by atoms with Gasteiger partial charge in [0.15, 0.2) is 0 Å². The number of benzene rings is 1. The normalized spacial score (nSPS) is 12.3. The molecular weight excluding hydrogens is 277 g/mol. The molecule has 19 heavy (non-hydrogen) atoms. The minimum Gasteiger partial charge on any atom is -0.327 e. The molecule has 0 aliphatic rings. The van der Waals surface area contributed by atoms with Crippen LogP contribution < -0.4 is 0 Å². The lowest BCUT2D eigenvalue weighted by atomic mass is 10.2. The first-order chi connectivity index (χ1) is 8.92. The first kappa shape index (κ1) is 14.2. The van der Waals surface area contributed by atoms with E-state index < -0.39 is 12.6 Å². The van der Waals surface area contributed by atoms with Crippen molar-refractivity contribution >= 4 is 22.6 Å². The quantitative estimate of drug-likeness (QED) is 0.776. The molecule has 104 valence electrons. The van der Waals surface area contributed by atoms with Crippen molar-refractivity contribution in [3.8, 4) is 0 Å². The fraction of sp³-hybridized carbons (Fsp3) is 0.462. The number of alkyl halides is 4. The number of halogens is 4. The molecule has 0 N–H and O–H groups in total. The van der Waals surface area contributed by atoms with E-state index >= 15 is 0 Å². The Labute approximate surface area is 114 Å². The number of fused-ring (bicyclic) bond motifs is 1. The van der Waals surface area contributed by atoms with E-state index in [2.05, 4.69) is 4.98 Å². The standard InChI is InChI=1S/C13H14ClF3N2/c1-9-3-2-4-10-12(9)19(8-6-13(15,16)17)11(18-10)5-7-14/h2-4H,5-8H2,1H3. The Hall–Kier alpha value is -1.23. The average Bonchev–Trinajstić information content (AvgIpc) is 2.65. The largest absolute Gasteiger partial charge is 0.390 e. The third-order valence-corrected chi connectivity index (χ3v) is 3.17. The molecular formula is C13H14ClF3N2. The summed E-state index contributed by atoms with van der Waals surface area (Å²) in [5.74, 6) is 0.956. The first-order valence-electron chi connectivity index (χ1n) is 6.00. The van der Waals surface area contributed by atoms with E-state index in [1.54, 1.807) is 4.57 Å². The topological polar surface area (TPSA) is 17.8 Å². The van der Waals surface area contributed by atoms with Gasteiger partial charge < -0.3 is 4.57 Å². The molecule has 0 unspecified atom stereocenters. The molecule has 6 heteroatoms. The second kappa shape index (κ2) is 5.41. The molecule has 0 aliphatic carbocycles. The van der Waals surface area contributed by atoms with Gasteiger partial charge in [0.05, 0.1) is 17.5 Å². The predicted octanol–water partition coefficient (Wildman–Crippen LogP) is 4.08. The van der Waals surface area contributed by atoms with Gasteiger partial charge in [-0.1, -0.05) is 12.1 Å². The molecule has 0 saturated carbocycles. The number of imidazole rings is 1. The van der Waals surface area contributed by atoms with E-state index in [0.29, 0.717) is 18.1 Å². The maximum absolute atomic E-state index is 12.4. The molecule has 0 amide bonds. The molecule has 1 aromatic carbocycles. The molecule has 0 saturated heterocycles. The molecule has 2 aromatic rings. The molecule has 1 aromatic heterocycles. The number of aryl methyl sites for hydroxylation is 3. The molecule has 0 radical (unpaired) electrons. The van der Waals surface area contributed by atoms with E-state index in [0.717, 1.165) is 16.6 Å². The van der Waals surface area contributed by atoms with Crippen LogP contribution >= 0.6 is 11.6 Å². The summed E-state index contributed by atoms with van der Waals surface area (Å²) >= 11 is 5.69. The van der Waals surface area contributed by atoms with Crippen LogP contribution in [-0.2, 0) is 13.0 Å². The van der Waals surface area contributed by atoms with Gasteiger partial charge >= 0.3 is 6.18 Å². The van der Waals surface area contributed by atoms with Crippen LogP contribution in [0.2, 0.25) is 0 Å². The molecule has 2 nitrogen and oxygen atoms in total. The van der Waals surface area contributed by atoms with Gasteiger partial charge in [0, 0.05) is 18.8 Å². The zero-order valence-corrected chi connectivity index (χ0v) is 11.2. The molecule has 0 atom stereocenters. The second-order valence-electron chi connectivity index (χ2n) is 4.43. The van der Waals surface area contributed by atoms with Gasteiger partial charge in [-0.25, -0.2) is 4.98 Å². The van der Waals surface area contributed by atoms with E-state index in [1.165, 1.54) is 0 Å². The average molecular weight is 291 g/mol. The SMILES string of the molecule is Cc1cccc2nc(CCCl)n(CCC(F)(F)F)c12. The predicted molar refractivity (Wildman–Crippen MR) is 69.6 cm³/mol. The van der Waals surface area contributed by atoms with Crippen LogP contribution in [-0.4, -0.2) is 21.6 Å². The van der Waals surface area contributed by atoms with Crippen LogP contribution in [0.4, 0.5) is 13.2 Å². The summed E-state index contributed by atoms with van der Waals surface area (Å²) in [6, 6.07) is 5.53. The Balaban J connectivity index is 2.45. The van der Waals surface area contributed by atoms with Crippen LogP contribution in [0.15, 0.2) is 18.2 Å². The van der Waals surface area contributed by atoms with Crippen molar-refractivity contribution in [1.82, 2.24) is 9.55 Å². The minimum absolute atomic E-state index is 0.114. The third-order valence-electron chi connectivity index (χ3n) is 2.98. The number of hydrogen-bond acceptors (Lipinski definition) is 1. The monoisotopic (exact) mass is 290 g/mol. The van der Waals surface area contributed by atoms with E-state index in [-0.39, 0.29) is 6.54 Å². The van der Waals surface area contributed by atoms with E-state index in [1.807, 2.05) is 25.1 Å². The van der Waals surface area contributed by atoms with Gasteiger partial charge in [0.2, 0.25) is 0 Å². The maximum atomic E-state index is 12.4. The van der Waals surface area contributed by atoms with Crippen molar-refractivity contribution in [2.24, 2.45) is 0 Å². The van der Waals surface area contributed by atoms with Crippen molar-refractivity contribution in [3.05, 3.63) is 29.6 Å². The van der Waals surface area contributed by atoms with Gasteiger partial charge in [-0.15, -0.1) is 11.6 Å². The van der Waals surface area contributed by atoms with Crippen LogP contribution in [0.25, 0.3) is 11.0 Å². The summed E-state index contributed by atoms with van der Waals surface area (Å²) in [7, 11) is 0. The number of aromatic nitrogens is 2. The number of rotatable bonds is 4. The van der Waals surface area contributed by atoms with E-state index in [9.17, 15) is 13.2 Å². The van der Waals surface area contributed by atoms with Crippen molar-refractivity contribution in [2.75, 3.05) is 5.88 Å². The van der Waals surface area contributed by atoms with Crippen LogP contribution in [0.5, 0.6) is 0 Å². The number of nitrogens with zero attached hydrogens (tertiary/aromatic N) is 2. The zero-order valence-electron chi connectivity index (χ0n) is 10.5. The highest BCUT2D eigenvalue weighted by Gasteiger charge is 2.27. The summed E-state index contributed by atoms with van der Waals surface area (Å²) in [5.41, 5.74) is 2.42. The van der Waals surface area contributed by atoms with Crippen molar-refractivity contribution in [3.63, 3.8) is 0 Å². The fourth-order valence-corrected chi connectivity index (χ4v) is 2.34. The molecule has 0 bridgehead atoms. The summed E-state index contributed by atoms with van der Waals surface area (Å²) in [6.07, 6.45) is -4.56. The Morgan fingerprint density at radius 2 is 2.05 bits per heavy atom. The Morgan fingerprint density at radius 3 is 2.68 bits per heavy atom. The first-order valence-corrected chi connectivity index (χ1v) is 6.53. The zero-order chi connectivity index (χ0) is 14.0. The lowest BCUT2D eigenvalue weighted by Gasteiger charge is -2.11. The summed E-state index contributed by atoms with van der Waals surface area (Å²) < 4.78 is 38.9. The fourth-order valence-electron chi connectivity index (χ4n) is 2.17. The highest BCUT2D eigenvalue weighted by Crippen LogP contribution is 2.25. The molecule has 0 fully saturated rings. The summed E-state index contributed by atoms with van der Waals surface area (Å²) in [5, 5.41) is 0. The Bertz CT molecular complexity index is 575. The number of para-hydroxylation sites is 1. The minimum atomic E-state index is -4.17. The van der Waals surface area contributed by atoms with Crippen molar-refractivity contribution in [1.29, 1.82) is 0 Å². The highest BCUT2D eigenvalue weighted by atomic mass is 35.5. The van der Waals surface area contributed by atoms with Crippen molar-refractivity contribution < 1.29 is 13.2 Å². The molecule has 1 heterocycles. The number of hydrogen-bond donors (Lipinski definition) is 0. The molecule has 0 aliphatic heterocycles. The summed E-state index contributed by atoms with van der Waals surface area (Å²) in [6.45, 7) is 1.76. The molecule has 2 rings (SSSR count). The van der Waals surface area contributed by atoms with E-state index in [4.69, 9.17) is 11.6 Å². The smallest absolute Gasteiger partial charge is 0.327 e. The molecule has 0 spiro atoms. The van der Waals surface area contributed by atoms with Crippen LogP contribution in [0, 0.1) is 6.92 Å². The van der Waals surface area contributed by atoms with Gasteiger partial charge in [-0.2, -0.15) is 13.2 Å².